The van der Waals surface area contributed by atoms with Crippen LogP contribution in [0.4, 0.5) is 8.78 Å². The molecule has 0 atom stereocenters. The van der Waals surface area contributed by atoms with Gasteiger partial charge in [0.05, 0.1) is 6.42 Å². The van der Waals surface area contributed by atoms with E-state index in [2.05, 4.69) is 32.6 Å². The van der Waals surface area contributed by atoms with Crippen LogP contribution in [0, 0.1) is 0 Å². The molecule has 0 spiro atoms. The van der Waals surface area contributed by atoms with Gasteiger partial charge in [-0.15, -0.1) is 0 Å². The zero-order valence-corrected chi connectivity index (χ0v) is 15.6. The summed E-state index contributed by atoms with van der Waals surface area (Å²) in [6, 6.07) is 5.52. The highest BCUT2D eigenvalue weighted by Crippen LogP contribution is 2.34. The van der Waals surface area contributed by atoms with Gasteiger partial charge in [0, 0.05) is 15.6 Å². The van der Waals surface area contributed by atoms with Gasteiger partial charge in [0.15, 0.2) is 0 Å². The average molecular weight is 415 g/mol. The lowest BCUT2D eigenvalue weighted by atomic mass is 10.1. The van der Waals surface area contributed by atoms with Gasteiger partial charge in [-0.05, 0) is 32.9 Å². The molecule has 0 aliphatic rings. The lowest BCUT2D eigenvalue weighted by molar-refractivity contribution is -0.150. The Morgan fingerprint density at radius 1 is 1.28 bits per heavy atom. The molecular formula is C17H17BrF2N2O3. The summed E-state index contributed by atoms with van der Waals surface area (Å²) in [6.45, 7) is 8.71. The summed E-state index contributed by atoms with van der Waals surface area (Å²) < 4.78 is 39.5. The summed E-state index contributed by atoms with van der Waals surface area (Å²) >= 11 is 3.19. The van der Waals surface area contributed by atoms with Crippen molar-refractivity contribution < 1.29 is 22.8 Å². The minimum Gasteiger partial charge on any atom is -0.457 e. The number of hydrogen-bond acceptors (Lipinski definition) is 5. The molecule has 0 N–H and O–H groups in total. The van der Waals surface area contributed by atoms with E-state index in [4.69, 9.17) is 9.26 Å². The van der Waals surface area contributed by atoms with E-state index in [1.54, 1.807) is 20.8 Å². The quantitative estimate of drug-likeness (QED) is 0.535. The molecule has 0 amide bonds. The van der Waals surface area contributed by atoms with Crippen molar-refractivity contribution in [2.75, 3.05) is 0 Å². The normalized spacial score (nSPS) is 12.1. The smallest absolute Gasteiger partial charge is 0.335 e. The number of aromatic nitrogens is 2. The fourth-order valence-corrected chi connectivity index (χ4v) is 2.11. The second-order valence-corrected chi connectivity index (χ2v) is 7.29. The fraction of sp³-hybridized carbons (Fsp3) is 0.353. The summed E-state index contributed by atoms with van der Waals surface area (Å²) in [5.41, 5.74) is -0.916. The summed E-state index contributed by atoms with van der Waals surface area (Å²) in [4.78, 5) is 15.5. The van der Waals surface area contributed by atoms with Crippen molar-refractivity contribution in [1.29, 1.82) is 0 Å². The Bertz CT molecular complexity index is 780. The Morgan fingerprint density at radius 3 is 2.44 bits per heavy atom. The van der Waals surface area contributed by atoms with Crippen molar-refractivity contribution in [2.24, 2.45) is 0 Å². The molecule has 2 rings (SSSR count). The molecule has 25 heavy (non-hydrogen) atoms. The first kappa shape index (κ1) is 19.2. The molecule has 0 unspecified atom stereocenters. The van der Waals surface area contributed by atoms with Crippen LogP contribution in [-0.4, -0.2) is 21.7 Å². The van der Waals surface area contributed by atoms with Crippen LogP contribution in [0.1, 0.15) is 38.0 Å². The van der Waals surface area contributed by atoms with E-state index in [-0.39, 0.29) is 23.4 Å². The number of esters is 1. The number of rotatable bonds is 5. The molecule has 134 valence electrons. The molecule has 0 saturated heterocycles. The van der Waals surface area contributed by atoms with Gasteiger partial charge in [-0.3, -0.25) is 0 Å². The van der Waals surface area contributed by atoms with Crippen molar-refractivity contribution in [1.82, 2.24) is 10.1 Å². The maximum Gasteiger partial charge on any atom is 0.335 e. The standard InChI is InChI=1S/C17H17BrF2N2O3/c1-10(14(23)24-16(2,3)4)9-13-21-15(22-25-13)17(19,20)11-5-7-12(18)8-6-11/h5-8H,1,9H2,2-4H3. The maximum atomic E-state index is 14.4. The third kappa shape index (κ3) is 4.94. The molecule has 1 heterocycles. The molecule has 5 nitrogen and oxygen atoms in total. The van der Waals surface area contributed by atoms with Crippen molar-refractivity contribution in [3.05, 3.63) is 58.2 Å². The monoisotopic (exact) mass is 414 g/mol. The second kappa shape index (κ2) is 7.03. The Labute approximate surface area is 152 Å². The number of carbonyl (C=O) groups is 1. The predicted octanol–water partition coefficient (Wildman–Crippen LogP) is 4.41. The lowest BCUT2D eigenvalue weighted by Gasteiger charge is -2.19. The maximum absolute atomic E-state index is 14.4. The number of alkyl halides is 2. The predicted molar refractivity (Wildman–Crippen MR) is 90.1 cm³/mol. The van der Waals surface area contributed by atoms with Crippen LogP contribution in [0.3, 0.4) is 0 Å². The number of nitrogens with zero attached hydrogens (tertiary/aromatic N) is 2. The van der Waals surface area contributed by atoms with Gasteiger partial charge < -0.3 is 9.26 Å². The summed E-state index contributed by atoms with van der Waals surface area (Å²) in [5.74, 6) is -4.98. The van der Waals surface area contributed by atoms with Gasteiger partial charge in [0.25, 0.3) is 0 Å². The van der Waals surface area contributed by atoms with Gasteiger partial charge in [0.1, 0.15) is 5.60 Å². The zero-order chi connectivity index (χ0) is 18.8. The highest BCUT2D eigenvalue weighted by molar-refractivity contribution is 9.10. The Kier molecular flexibility index (Phi) is 5.41. The number of ether oxygens (including phenoxy) is 1. The number of hydrogen-bond donors (Lipinski definition) is 0. The molecule has 0 bridgehead atoms. The third-order valence-corrected chi connectivity index (χ3v) is 3.54. The SMILES string of the molecule is C=C(Cc1nc(C(F)(F)c2ccc(Br)cc2)no1)C(=O)OC(C)(C)C. The van der Waals surface area contributed by atoms with Crippen LogP contribution in [0.15, 0.2) is 45.4 Å². The fourth-order valence-electron chi connectivity index (χ4n) is 1.85. The second-order valence-electron chi connectivity index (χ2n) is 6.38. The van der Waals surface area contributed by atoms with Crippen molar-refractivity contribution in [3.63, 3.8) is 0 Å². The topological polar surface area (TPSA) is 65.2 Å². The Morgan fingerprint density at radius 2 is 1.88 bits per heavy atom. The van der Waals surface area contributed by atoms with Crippen LogP contribution in [-0.2, 0) is 21.9 Å². The largest absolute Gasteiger partial charge is 0.457 e. The lowest BCUT2D eigenvalue weighted by Crippen LogP contribution is -2.25. The van der Waals surface area contributed by atoms with E-state index < -0.39 is 23.3 Å². The first-order chi connectivity index (χ1) is 11.5. The van der Waals surface area contributed by atoms with E-state index in [0.717, 1.165) is 0 Å². The molecule has 1 aromatic carbocycles. The molecule has 1 aromatic heterocycles. The molecule has 0 fully saturated rings. The summed E-state index contributed by atoms with van der Waals surface area (Å²) in [5, 5.41) is 3.33. The third-order valence-electron chi connectivity index (χ3n) is 3.01. The first-order valence-corrected chi connectivity index (χ1v) is 8.16. The first-order valence-electron chi connectivity index (χ1n) is 7.37. The van der Waals surface area contributed by atoms with Gasteiger partial charge in [0.2, 0.25) is 11.7 Å². The summed E-state index contributed by atoms with van der Waals surface area (Å²) in [6.07, 6.45) is -0.168. The van der Waals surface area contributed by atoms with Crippen LogP contribution >= 0.6 is 15.9 Å². The molecule has 0 saturated carbocycles. The minimum absolute atomic E-state index is 0.0390. The Balaban J connectivity index is 2.12. The highest BCUT2D eigenvalue weighted by atomic mass is 79.9. The molecule has 8 heteroatoms. The minimum atomic E-state index is -3.42. The van der Waals surface area contributed by atoms with Crippen LogP contribution in [0.2, 0.25) is 0 Å². The molecule has 0 aliphatic carbocycles. The van der Waals surface area contributed by atoms with E-state index >= 15 is 0 Å². The van der Waals surface area contributed by atoms with Crippen molar-refractivity contribution in [2.45, 2.75) is 38.7 Å². The number of benzene rings is 1. The Hall–Kier alpha value is -2.09. The highest BCUT2D eigenvalue weighted by Gasteiger charge is 2.39. The van der Waals surface area contributed by atoms with Crippen molar-refractivity contribution >= 4 is 21.9 Å². The van der Waals surface area contributed by atoms with Gasteiger partial charge in [-0.1, -0.05) is 39.8 Å². The molecule has 0 radical (unpaired) electrons. The van der Waals surface area contributed by atoms with Crippen LogP contribution in [0.5, 0.6) is 0 Å². The number of carbonyl (C=O) groups excluding carboxylic acids is 1. The summed E-state index contributed by atoms with van der Waals surface area (Å²) in [7, 11) is 0. The van der Waals surface area contributed by atoms with Crippen LogP contribution < -0.4 is 0 Å². The molecular weight excluding hydrogens is 398 g/mol. The molecule has 2 aromatic rings. The zero-order valence-electron chi connectivity index (χ0n) is 14.0. The van der Waals surface area contributed by atoms with Crippen LogP contribution in [0.25, 0.3) is 0 Å². The molecule has 0 aliphatic heterocycles. The van der Waals surface area contributed by atoms with Gasteiger partial charge in [-0.2, -0.15) is 13.8 Å². The number of halogens is 3. The van der Waals surface area contributed by atoms with Gasteiger partial charge in [-0.25, -0.2) is 4.79 Å². The van der Waals surface area contributed by atoms with E-state index in [1.807, 2.05) is 0 Å². The van der Waals surface area contributed by atoms with E-state index in [1.165, 1.54) is 24.3 Å². The van der Waals surface area contributed by atoms with E-state index in [0.29, 0.717) is 4.47 Å². The average Bonchev–Trinajstić information content (AvgIpc) is 2.95. The van der Waals surface area contributed by atoms with E-state index in [9.17, 15) is 13.6 Å². The van der Waals surface area contributed by atoms with Gasteiger partial charge >= 0.3 is 11.9 Å². The van der Waals surface area contributed by atoms with Crippen molar-refractivity contribution in [3.8, 4) is 0 Å².